The number of carboxylic acids is 1. The Kier molecular flexibility index (Phi) is 6.15. The van der Waals surface area contributed by atoms with Gasteiger partial charge < -0.3 is 15.3 Å². The molecule has 3 unspecified atom stereocenters. The topological polar surface area (TPSA) is 99.0 Å². The molecule has 4 N–H and O–H groups in total. The molecule has 0 aromatic rings. The van der Waals surface area contributed by atoms with Gasteiger partial charge in [-0.3, -0.25) is 15.1 Å². The highest BCUT2D eigenvalue weighted by Gasteiger charge is 2.45. The van der Waals surface area contributed by atoms with Crippen LogP contribution < -0.4 is 5.48 Å². The molecule has 0 spiro atoms. The van der Waals surface area contributed by atoms with Crippen molar-refractivity contribution in [2.45, 2.75) is 63.6 Å². The first-order chi connectivity index (χ1) is 12.1. The van der Waals surface area contributed by atoms with Gasteiger partial charge in [0.15, 0.2) is 0 Å². The van der Waals surface area contributed by atoms with Gasteiger partial charge in [-0.1, -0.05) is 31.4 Å². The number of aliphatic carboxylic acids is 1. The van der Waals surface area contributed by atoms with Gasteiger partial charge >= 0.3 is 5.97 Å². The van der Waals surface area contributed by atoms with Crippen molar-refractivity contribution in [2.75, 3.05) is 6.61 Å². The Morgan fingerprint density at radius 2 is 2.04 bits per heavy atom. The maximum absolute atomic E-state index is 10.5. The first-order valence-corrected chi connectivity index (χ1v) is 9.42. The summed E-state index contributed by atoms with van der Waals surface area (Å²) < 4.78 is 0. The van der Waals surface area contributed by atoms with Crippen LogP contribution in [0.25, 0.3) is 0 Å². The smallest absolute Gasteiger partial charge is 0.305 e. The molecule has 2 fully saturated rings. The highest BCUT2D eigenvalue weighted by Crippen LogP contribution is 2.48. The van der Waals surface area contributed by atoms with Crippen LogP contribution in [0.1, 0.15) is 51.4 Å². The quantitative estimate of drug-likeness (QED) is 0.304. The molecule has 140 valence electrons. The highest BCUT2D eigenvalue weighted by atomic mass is 16.6. The van der Waals surface area contributed by atoms with Crippen LogP contribution in [0.5, 0.6) is 0 Å². The molecule has 4 atom stereocenters. The molecule has 0 radical (unpaired) electrons. The predicted octanol–water partition coefficient (Wildman–Crippen LogP) is 2.13. The number of carboxylic acid groups (broad SMARTS) is 1. The number of carbonyl (C=O) groups is 1. The normalized spacial score (nSPS) is 31.0. The minimum absolute atomic E-state index is 0.0356. The molecular formula is C19H29NO5. The molecule has 0 aromatic carbocycles. The zero-order valence-corrected chi connectivity index (χ0v) is 14.6. The van der Waals surface area contributed by atoms with Crippen molar-refractivity contribution in [3.05, 3.63) is 23.4 Å². The number of hydroxylamine groups is 1. The Bertz CT molecular complexity index is 538. The van der Waals surface area contributed by atoms with Gasteiger partial charge in [-0.15, -0.1) is 0 Å². The molecule has 2 saturated carbocycles. The zero-order valence-electron chi connectivity index (χ0n) is 14.6. The summed E-state index contributed by atoms with van der Waals surface area (Å²) in [5.74, 6) is -0.327. The number of fused-ring (bicyclic) bond motifs is 1. The number of aliphatic hydroxyl groups is 2. The van der Waals surface area contributed by atoms with E-state index in [2.05, 4.69) is 5.48 Å². The number of aliphatic hydroxyl groups excluding tert-OH is 2. The van der Waals surface area contributed by atoms with Crippen LogP contribution in [0.3, 0.4) is 0 Å². The molecule has 0 aromatic heterocycles. The van der Waals surface area contributed by atoms with E-state index in [9.17, 15) is 15.0 Å². The SMILES string of the molecule is O=C(O)CCONC1=C2CC(C=CC(O)C3CCCCC3)C(O)[C@@H]2C1. The lowest BCUT2D eigenvalue weighted by Crippen LogP contribution is -2.32. The maximum Gasteiger partial charge on any atom is 0.305 e. The van der Waals surface area contributed by atoms with E-state index in [1.165, 1.54) is 24.8 Å². The van der Waals surface area contributed by atoms with Crippen LogP contribution >= 0.6 is 0 Å². The number of hydrogen-bond acceptors (Lipinski definition) is 5. The minimum atomic E-state index is -0.885. The van der Waals surface area contributed by atoms with Gasteiger partial charge in [0.2, 0.25) is 0 Å². The predicted molar refractivity (Wildman–Crippen MR) is 92.3 cm³/mol. The van der Waals surface area contributed by atoms with Gasteiger partial charge in [-0.2, -0.15) is 0 Å². The summed E-state index contributed by atoms with van der Waals surface area (Å²) >= 11 is 0. The number of nitrogens with one attached hydrogen (secondary N) is 1. The minimum Gasteiger partial charge on any atom is -0.481 e. The molecular weight excluding hydrogens is 322 g/mol. The molecule has 3 aliphatic rings. The second-order valence-electron chi connectivity index (χ2n) is 7.54. The van der Waals surface area contributed by atoms with E-state index in [-0.39, 0.29) is 24.9 Å². The fourth-order valence-electron chi connectivity index (χ4n) is 4.30. The summed E-state index contributed by atoms with van der Waals surface area (Å²) in [6.07, 6.45) is 10.4. The number of rotatable bonds is 8. The Morgan fingerprint density at radius 1 is 1.28 bits per heavy atom. The second-order valence-corrected chi connectivity index (χ2v) is 7.54. The Balaban J connectivity index is 1.48. The van der Waals surface area contributed by atoms with Gasteiger partial charge in [-0.25, -0.2) is 0 Å². The first-order valence-electron chi connectivity index (χ1n) is 9.42. The molecule has 3 aliphatic carbocycles. The maximum atomic E-state index is 10.5. The molecule has 0 saturated heterocycles. The lowest BCUT2D eigenvalue weighted by Gasteiger charge is -2.30. The average molecular weight is 351 g/mol. The van der Waals surface area contributed by atoms with Crippen LogP contribution in [-0.2, 0) is 9.63 Å². The van der Waals surface area contributed by atoms with Crippen LogP contribution in [0.2, 0.25) is 0 Å². The van der Waals surface area contributed by atoms with Crippen molar-refractivity contribution >= 4 is 5.97 Å². The summed E-state index contributed by atoms with van der Waals surface area (Å²) in [4.78, 5) is 15.6. The van der Waals surface area contributed by atoms with Crippen molar-refractivity contribution < 1.29 is 25.0 Å². The Hall–Kier alpha value is -1.37. The third kappa shape index (κ3) is 4.43. The fourth-order valence-corrected chi connectivity index (χ4v) is 4.30. The molecule has 0 bridgehead atoms. The van der Waals surface area contributed by atoms with E-state index in [1.54, 1.807) is 0 Å². The van der Waals surface area contributed by atoms with Gasteiger partial charge in [-0.05, 0) is 37.2 Å². The Labute approximate surface area is 148 Å². The van der Waals surface area contributed by atoms with Gasteiger partial charge in [0.25, 0.3) is 0 Å². The lowest BCUT2D eigenvalue weighted by atomic mass is 9.83. The molecule has 6 nitrogen and oxygen atoms in total. The number of allylic oxidation sites excluding steroid dienone is 1. The summed E-state index contributed by atoms with van der Waals surface area (Å²) in [5.41, 5.74) is 4.98. The highest BCUT2D eigenvalue weighted by molar-refractivity contribution is 5.66. The van der Waals surface area contributed by atoms with E-state index in [0.717, 1.165) is 31.4 Å². The molecule has 0 heterocycles. The van der Waals surface area contributed by atoms with Crippen molar-refractivity contribution in [2.24, 2.45) is 17.8 Å². The van der Waals surface area contributed by atoms with E-state index in [1.807, 2.05) is 12.2 Å². The van der Waals surface area contributed by atoms with E-state index in [0.29, 0.717) is 5.92 Å². The number of hydrogen-bond donors (Lipinski definition) is 4. The van der Waals surface area contributed by atoms with Gasteiger partial charge in [0.05, 0.1) is 25.2 Å². The zero-order chi connectivity index (χ0) is 17.8. The summed E-state index contributed by atoms with van der Waals surface area (Å²) in [7, 11) is 0. The summed E-state index contributed by atoms with van der Waals surface area (Å²) in [6.45, 7) is 0.121. The van der Waals surface area contributed by atoms with E-state index in [4.69, 9.17) is 9.94 Å². The van der Waals surface area contributed by atoms with Crippen molar-refractivity contribution in [1.82, 2.24) is 5.48 Å². The fraction of sp³-hybridized carbons (Fsp3) is 0.737. The molecule has 25 heavy (non-hydrogen) atoms. The average Bonchev–Trinajstić information content (AvgIpc) is 2.83. The third-order valence-corrected chi connectivity index (χ3v) is 5.87. The lowest BCUT2D eigenvalue weighted by molar-refractivity contribution is -0.138. The summed E-state index contributed by atoms with van der Waals surface area (Å²) in [6, 6.07) is 0. The standard InChI is InChI=1S/C19H29NO5/c21-17(12-4-2-1-3-5-12)7-6-13-10-14-15(19(13)24)11-16(14)20-25-9-8-18(22)23/h6-7,12-13,15,17,19-21,24H,1-5,8-11H2,(H,22,23)/t13?,15-,17?,19?/m1/s1. The van der Waals surface area contributed by atoms with Gasteiger partial charge in [0, 0.05) is 17.5 Å². The van der Waals surface area contributed by atoms with Crippen LogP contribution in [0, 0.1) is 17.8 Å². The molecule has 0 aliphatic heterocycles. The molecule has 6 heteroatoms. The van der Waals surface area contributed by atoms with E-state index >= 15 is 0 Å². The van der Waals surface area contributed by atoms with Crippen LogP contribution in [0.15, 0.2) is 23.4 Å². The third-order valence-electron chi connectivity index (χ3n) is 5.87. The summed E-state index contributed by atoms with van der Waals surface area (Å²) in [5, 5.41) is 29.4. The van der Waals surface area contributed by atoms with Crippen molar-refractivity contribution in [3.8, 4) is 0 Å². The van der Waals surface area contributed by atoms with Gasteiger partial charge in [0.1, 0.15) is 0 Å². The largest absolute Gasteiger partial charge is 0.481 e. The first kappa shape index (κ1) is 18.4. The Morgan fingerprint density at radius 3 is 2.76 bits per heavy atom. The van der Waals surface area contributed by atoms with Crippen molar-refractivity contribution in [3.63, 3.8) is 0 Å². The van der Waals surface area contributed by atoms with Crippen molar-refractivity contribution in [1.29, 1.82) is 0 Å². The monoisotopic (exact) mass is 351 g/mol. The second kappa shape index (κ2) is 8.34. The molecule has 3 rings (SSSR count). The van der Waals surface area contributed by atoms with E-state index < -0.39 is 18.2 Å². The van der Waals surface area contributed by atoms with Crippen LogP contribution in [0.4, 0.5) is 0 Å². The molecule has 0 amide bonds. The van der Waals surface area contributed by atoms with Crippen LogP contribution in [-0.4, -0.2) is 40.1 Å².